The zero-order chi connectivity index (χ0) is 16.2. The topological polar surface area (TPSA) is 116 Å². The lowest BCUT2D eigenvalue weighted by Gasteiger charge is -2.11. The molecule has 7 heteroatoms. The number of guanidine groups is 1. The number of carbonyl (C=O) groups excluding carboxylic acids is 1. The van der Waals surface area contributed by atoms with E-state index in [1.807, 2.05) is 6.92 Å². The second-order valence-corrected chi connectivity index (χ2v) is 6.50. The highest BCUT2D eigenvalue weighted by Gasteiger charge is 2.19. The number of sulfone groups is 1. The second-order valence-electron chi connectivity index (χ2n) is 4.51. The molecule has 0 aliphatic carbocycles. The molecule has 0 aromatic heterocycles. The molecule has 0 aliphatic heterocycles. The monoisotopic (exact) mass is 309 g/mol. The number of benzene rings is 1. The minimum atomic E-state index is -3.48. The number of hydrogen-bond acceptors (Lipinski definition) is 3. The first kappa shape index (κ1) is 16.9. The van der Waals surface area contributed by atoms with Crippen LogP contribution in [0.1, 0.15) is 35.3 Å². The standard InChI is InChI=1S/C14H19N3O3S/c1-4-6-10-7-9(5-2)11(13(18)17-14(15)16)8-12(10)21(3,19)20/h4,6-8H,5H2,1-3H3,(H4,15,16,17,18)/b6-4-. The zero-order valence-corrected chi connectivity index (χ0v) is 13.1. The van der Waals surface area contributed by atoms with Crippen molar-refractivity contribution in [2.75, 3.05) is 6.26 Å². The van der Waals surface area contributed by atoms with Gasteiger partial charge in [0.05, 0.1) is 4.90 Å². The van der Waals surface area contributed by atoms with Crippen LogP contribution >= 0.6 is 0 Å². The molecular formula is C14H19N3O3S. The van der Waals surface area contributed by atoms with E-state index < -0.39 is 15.7 Å². The van der Waals surface area contributed by atoms with Crippen LogP contribution in [0.25, 0.3) is 6.08 Å². The number of nitrogens with two attached hydrogens (primary N) is 2. The lowest BCUT2D eigenvalue weighted by atomic mass is 10.0. The van der Waals surface area contributed by atoms with E-state index in [1.165, 1.54) is 6.07 Å². The first-order valence-corrected chi connectivity index (χ1v) is 8.23. The van der Waals surface area contributed by atoms with Crippen LogP contribution in [0.15, 0.2) is 28.1 Å². The van der Waals surface area contributed by atoms with Crippen molar-refractivity contribution in [2.45, 2.75) is 25.2 Å². The maximum absolute atomic E-state index is 12.0. The van der Waals surface area contributed by atoms with Crippen LogP contribution in [0.3, 0.4) is 0 Å². The van der Waals surface area contributed by atoms with Crippen LogP contribution in [-0.4, -0.2) is 26.5 Å². The maximum Gasteiger partial charge on any atom is 0.280 e. The van der Waals surface area contributed by atoms with E-state index in [2.05, 4.69) is 4.99 Å². The van der Waals surface area contributed by atoms with Crippen molar-refractivity contribution in [1.82, 2.24) is 0 Å². The van der Waals surface area contributed by atoms with Gasteiger partial charge in [-0.3, -0.25) is 4.79 Å². The molecule has 0 atom stereocenters. The van der Waals surface area contributed by atoms with Gasteiger partial charge in [0.1, 0.15) is 0 Å². The highest BCUT2D eigenvalue weighted by Crippen LogP contribution is 2.24. The SMILES string of the molecule is C/C=C\c1cc(CC)c(C(=O)N=C(N)N)cc1S(C)(=O)=O. The number of aryl methyl sites for hydroxylation is 1. The fraction of sp³-hybridized carbons (Fsp3) is 0.286. The summed E-state index contributed by atoms with van der Waals surface area (Å²) in [6, 6.07) is 3.00. The second kappa shape index (κ2) is 6.53. The van der Waals surface area contributed by atoms with Crippen LogP contribution in [-0.2, 0) is 16.3 Å². The Kier molecular flexibility index (Phi) is 5.26. The molecular weight excluding hydrogens is 290 g/mol. The molecule has 114 valence electrons. The average Bonchev–Trinajstić information content (AvgIpc) is 2.36. The van der Waals surface area contributed by atoms with E-state index in [9.17, 15) is 13.2 Å². The van der Waals surface area contributed by atoms with E-state index in [0.29, 0.717) is 17.5 Å². The van der Waals surface area contributed by atoms with Gasteiger partial charge in [0.25, 0.3) is 5.91 Å². The van der Waals surface area contributed by atoms with E-state index >= 15 is 0 Å². The Morgan fingerprint density at radius 3 is 2.38 bits per heavy atom. The zero-order valence-electron chi connectivity index (χ0n) is 12.3. The van der Waals surface area contributed by atoms with Gasteiger partial charge in [-0.05, 0) is 36.6 Å². The summed E-state index contributed by atoms with van der Waals surface area (Å²) in [6.45, 7) is 3.65. The molecule has 0 radical (unpaired) electrons. The molecule has 1 rings (SSSR count). The van der Waals surface area contributed by atoms with Gasteiger partial charge in [-0.15, -0.1) is 0 Å². The molecule has 4 N–H and O–H groups in total. The number of nitrogens with zero attached hydrogens (tertiary/aromatic N) is 1. The Hall–Kier alpha value is -2.15. The molecule has 0 heterocycles. The van der Waals surface area contributed by atoms with Gasteiger partial charge in [-0.2, -0.15) is 4.99 Å². The van der Waals surface area contributed by atoms with Gasteiger partial charge in [-0.1, -0.05) is 19.1 Å². The first-order chi connectivity index (χ1) is 9.70. The number of hydrogen-bond donors (Lipinski definition) is 2. The molecule has 0 aliphatic rings. The van der Waals surface area contributed by atoms with Crippen molar-refractivity contribution in [3.05, 3.63) is 34.9 Å². The Bertz CT molecular complexity index is 715. The van der Waals surface area contributed by atoms with Crippen LogP contribution in [0, 0.1) is 0 Å². The molecule has 0 fully saturated rings. The lowest BCUT2D eigenvalue weighted by molar-refractivity contribution is 0.100. The van der Waals surface area contributed by atoms with Crippen LogP contribution < -0.4 is 11.5 Å². The number of aliphatic imine (C=N–C) groups is 1. The molecule has 1 aromatic carbocycles. The maximum atomic E-state index is 12.0. The fourth-order valence-corrected chi connectivity index (χ4v) is 2.83. The van der Waals surface area contributed by atoms with Crippen molar-refractivity contribution in [3.8, 4) is 0 Å². The molecule has 6 nitrogen and oxygen atoms in total. The lowest BCUT2D eigenvalue weighted by Crippen LogP contribution is -2.24. The van der Waals surface area contributed by atoms with E-state index in [1.54, 1.807) is 25.1 Å². The molecule has 0 unspecified atom stereocenters. The summed E-state index contributed by atoms with van der Waals surface area (Å²) in [5, 5.41) is 0. The van der Waals surface area contributed by atoms with E-state index in [0.717, 1.165) is 6.26 Å². The minimum absolute atomic E-state index is 0.0759. The van der Waals surface area contributed by atoms with Crippen molar-refractivity contribution >= 4 is 27.8 Å². The third kappa shape index (κ3) is 4.16. The van der Waals surface area contributed by atoms with Gasteiger partial charge in [0.15, 0.2) is 15.8 Å². The Morgan fingerprint density at radius 1 is 1.33 bits per heavy atom. The molecule has 1 amide bonds. The summed E-state index contributed by atoms with van der Waals surface area (Å²) in [5.41, 5.74) is 11.8. The van der Waals surface area contributed by atoms with Crippen LogP contribution in [0.2, 0.25) is 0 Å². The largest absolute Gasteiger partial charge is 0.370 e. The Morgan fingerprint density at radius 2 is 1.95 bits per heavy atom. The number of carbonyl (C=O) groups is 1. The van der Waals surface area contributed by atoms with Crippen molar-refractivity contribution in [3.63, 3.8) is 0 Å². The molecule has 0 saturated heterocycles. The normalized spacial score (nSPS) is 11.6. The number of amides is 1. The van der Waals surface area contributed by atoms with Crippen LogP contribution in [0.4, 0.5) is 0 Å². The van der Waals surface area contributed by atoms with Gasteiger partial charge < -0.3 is 11.5 Å². The Balaban J connectivity index is 3.67. The van der Waals surface area contributed by atoms with Crippen molar-refractivity contribution in [2.24, 2.45) is 16.5 Å². The summed E-state index contributed by atoms with van der Waals surface area (Å²) >= 11 is 0. The minimum Gasteiger partial charge on any atom is -0.370 e. The summed E-state index contributed by atoms with van der Waals surface area (Å²) in [7, 11) is -3.48. The predicted molar refractivity (Wildman–Crippen MR) is 83.8 cm³/mol. The summed E-state index contributed by atoms with van der Waals surface area (Å²) in [4.78, 5) is 15.6. The van der Waals surface area contributed by atoms with E-state index in [4.69, 9.17) is 11.5 Å². The van der Waals surface area contributed by atoms with Crippen molar-refractivity contribution in [1.29, 1.82) is 0 Å². The molecule has 0 saturated carbocycles. The van der Waals surface area contributed by atoms with Crippen molar-refractivity contribution < 1.29 is 13.2 Å². The smallest absolute Gasteiger partial charge is 0.280 e. The van der Waals surface area contributed by atoms with Gasteiger partial charge in [0, 0.05) is 11.8 Å². The highest BCUT2D eigenvalue weighted by atomic mass is 32.2. The molecule has 21 heavy (non-hydrogen) atoms. The Labute approximate surface area is 124 Å². The summed E-state index contributed by atoms with van der Waals surface area (Å²) < 4.78 is 23.8. The quantitative estimate of drug-likeness (QED) is 0.638. The molecule has 1 aromatic rings. The predicted octanol–water partition coefficient (Wildman–Crippen LogP) is 1.10. The average molecular weight is 309 g/mol. The van der Waals surface area contributed by atoms with E-state index in [-0.39, 0.29) is 16.4 Å². The third-order valence-electron chi connectivity index (χ3n) is 2.82. The fourth-order valence-electron chi connectivity index (χ4n) is 1.94. The third-order valence-corrected chi connectivity index (χ3v) is 3.98. The molecule has 0 bridgehead atoms. The highest BCUT2D eigenvalue weighted by molar-refractivity contribution is 7.90. The first-order valence-electron chi connectivity index (χ1n) is 6.34. The molecule has 0 spiro atoms. The van der Waals surface area contributed by atoms with Gasteiger partial charge >= 0.3 is 0 Å². The van der Waals surface area contributed by atoms with Gasteiger partial charge in [-0.25, -0.2) is 8.42 Å². The number of rotatable bonds is 4. The number of allylic oxidation sites excluding steroid dienone is 1. The summed E-state index contributed by atoms with van der Waals surface area (Å²) in [6.07, 6.45) is 5.07. The van der Waals surface area contributed by atoms with Gasteiger partial charge in [0.2, 0.25) is 0 Å². The summed E-state index contributed by atoms with van der Waals surface area (Å²) in [5.74, 6) is -1.01. The van der Waals surface area contributed by atoms with Crippen LogP contribution in [0.5, 0.6) is 0 Å².